The number of nitrogens with one attached hydrogen (secondary N) is 1. The van der Waals surface area contributed by atoms with Gasteiger partial charge in [0, 0.05) is 16.8 Å². The molecule has 0 bridgehead atoms. The predicted molar refractivity (Wildman–Crippen MR) is 94.6 cm³/mol. The molecule has 0 spiro atoms. The van der Waals surface area contributed by atoms with E-state index in [0.29, 0.717) is 11.5 Å². The van der Waals surface area contributed by atoms with E-state index in [-0.39, 0.29) is 5.91 Å². The van der Waals surface area contributed by atoms with Gasteiger partial charge in [0.05, 0.1) is 0 Å². The van der Waals surface area contributed by atoms with Crippen LogP contribution in [0.4, 0.5) is 5.69 Å². The van der Waals surface area contributed by atoms with Gasteiger partial charge in [-0.1, -0.05) is 37.3 Å². The smallest absolute Gasteiger partial charge is 0.255 e. The second-order valence-corrected chi connectivity index (χ2v) is 6.13. The number of carbonyl (C=O) groups excluding carboxylic acids is 1. The number of benzene rings is 2. The first-order valence-corrected chi connectivity index (χ1v) is 8.24. The monoisotopic (exact) mass is 303 g/mol. The van der Waals surface area contributed by atoms with E-state index < -0.39 is 0 Å². The highest BCUT2D eigenvalue weighted by molar-refractivity contribution is 6.04. The third-order valence-electron chi connectivity index (χ3n) is 4.56. The van der Waals surface area contributed by atoms with E-state index >= 15 is 0 Å². The minimum absolute atomic E-state index is 0.0892. The maximum Gasteiger partial charge on any atom is 0.255 e. The fourth-order valence-corrected chi connectivity index (χ4v) is 3.20. The van der Waals surface area contributed by atoms with Crippen LogP contribution in [0.5, 0.6) is 0 Å². The van der Waals surface area contributed by atoms with Gasteiger partial charge in [0.1, 0.15) is 0 Å². The largest absolute Gasteiger partial charge is 0.322 e. The first-order chi connectivity index (χ1) is 11.3. The van der Waals surface area contributed by atoms with Crippen molar-refractivity contribution in [2.45, 2.75) is 38.0 Å². The fraction of sp³-hybridized carbons (Fsp3) is 0.286. The Hall–Kier alpha value is -2.53. The van der Waals surface area contributed by atoms with Crippen molar-refractivity contribution < 1.29 is 4.79 Å². The number of amides is 1. The Balaban J connectivity index is 1.66. The van der Waals surface area contributed by atoms with Gasteiger partial charge in [0.25, 0.3) is 5.91 Å². The molecule has 2 nitrogen and oxygen atoms in total. The molecular weight excluding hydrogens is 282 g/mol. The second kappa shape index (κ2) is 7.15. The van der Waals surface area contributed by atoms with Gasteiger partial charge in [-0.3, -0.25) is 4.79 Å². The number of terminal acetylenes is 1. The first-order valence-electron chi connectivity index (χ1n) is 8.24. The number of hydrogen-bond donors (Lipinski definition) is 1. The van der Waals surface area contributed by atoms with Crippen LogP contribution in [0.1, 0.15) is 59.5 Å². The summed E-state index contributed by atoms with van der Waals surface area (Å²) < 4.78 is 0. The topological polar surface area (TPSA) is 29.1 Å². The zero-order valence-corrected chi connectivity index (χ0v) is 13.2. The van der Waals surface area contributed by atoms with Crippen LogP contribution in [0, 0.1) is 12.3 Å². The Morgan fingerprint density at radius 2 is 1.61 bits per heavy atom. The van der Waals surface area contributed by atoms with Crippen LogP contribution in [0.2, 0.25) is 0 Å². The zero-order chi connectivity index (χ0) is 16.1. The highest BCUT2D eigenvalue weighted by Gasteiger charge is 2.15. The van der Waals surface area contributed by atoms with E-state index in [2.05, 4.69) is 23.4 Å². The van der Waals surface area contributed by atoms with Crippen molar-refractivity contribution >= 4 is 11.6 Å². The highest BCUT2D eigenvalue weighted by atomic mass is 16.1. The van der Waals surface area contributed by atoms with Crippen LogP contribution in [-0.2, 0) is 0 Å². The zero-order valence-electron chi connectivity index (χ0n) is 13.2. The van der Waals surface area contributed by atoms with Gasteiger partial charge in [0.2, 0.25) is 0 Å². The summed E-state index contributed by atoms with van der Waals surface area (Å²) in [4.78, 5) is 12.3. The molecule has 0 unspecified atom stereocenters. The lowest BCUT2D eigenvalue weighted by Crippen LogP contribution is -2.12. The highest BCUT2D eigenvalue weighted by Crippen LogP contribution is 2.32. The van der Waals surface area contributed by atoms with Gasteiger partial charge in [-0.05, 0) is 60.7 Å². The summed E-state index contributed by atoms with van der Waals surface area (Å²) in [5.41, 5.74) is 3.61. The lowest BCUT2D eigenvalue weighted by molar-refractivity contribution is 0.102. The molecule has 0 saturated heterocycles. The van der Waals surface area contributed by atoms with Gasteiger partial charge < -0.3 is 5.32 Å². The maximum atomic E-state index is 12.3. The molecule has 2 aromatic rings. The van der Waals surface area contributed by atoms with Crippen molar-refractivity contribution in [1.82, 2.24) is 0 Å². The number of hydrogen-bond acceptors (Lipinski definition) is 1. The molecule has 1 aliphatic rings. The van der Waals surface area contributed by atoms with E-state index in [4.69, 9.17) is 6.42 Å². The van der Waals surface area contributed by atoms with Crippen LogP contribution in [-0.4, -0.2) is 5.91 Å². The Labute approximate surface area is 137 Å². The normalized spacial score (nSPS) is 14.9. The molecule has 116 valence electrons. The van der Waals surface area contributed by atoms with Crippen molar-refractivity contribution in [2.75, 3.05) is 5.32 Å². The molecule has 1 amide bonds. The molecule has 2 heteroatoms. The van der Waals surface area contributed by atoms with Gasteiger partial charge in [-0.2, -0.15) is 0 Å². The number of anilines is 1. The molecule has 0 aliphatic heterocycles. The molecular formula is C21H21NO. The molecule has 0 heterocycles. The minimum atomic E-state index is -0.0892. The van der Waals surface area contributed by atoms with Crippen LogP contribution < -0.4 is 5.32 Å². The van der Waals surface area contributed by atoms with Crippen molar-refractivity contribution in [1.29, 1.82) is 0 Å². The maximum absolute atomic E-state index is 12.3. The molecule has 1 N–H and O–H groups in total. The van der Waals surface area contributed by atoms with E-state index in [1.54, 1.807) is 0 Å². The Bertz CT molecular complexity index is 701. The summed E-state index contributed by atoms with van der Waals surface area (Å²) in [7, 11) is 0. The van der Waals surface area contributed by atoms with Gasteiger partial charge >= 0.3 is 0 Å². The molecule has 1 fully saturated rings. The van der Waals surface area contributed by atoms with E-state index in [9.17, 15) is 4.79 Å². The summed E-state index contributed by atoms with van der Waals surface area (Å²) in [6.07, 6.45) is 11.9. The summed E-state index contributed by atoms with van der Waals surface area (Å²) in [6.45, 7) is 0. The average molecular weight is 303 g/mol. The predicted octanol–water partition coefficient (Wildman–Crippen LogP) is 4.97. The molecule has 23 heavy (non-hydrogen) atoms. The Morgan fingerprint density at radius 1 is 0.957 bits per heavy atom. The summed E-state index contributed by atoms with van der Waals surface area (Å²) >= 11 is 0. The molecule has 2 aromatic carbocycles. The SMILES string of the molecule is C#Cc1ccc(NC(=O)c2ccc(C3CCCCC3)cc2)cc1. The molecule has 0 radical (unpaired) electrons. The fourth-order valence-electron chi connectivity index (χ4n) is 3.20. The molecule has 0 aromatic heterocycles. The van der Waals surface area contributed by atoms with E-state index in [1.165, 1.54) is 37.7 Å². The minimum Gasteiger partial charge on any atom is -0.322 e. The number of carbonyl (C=O) groups is 1. The molecule has 1 aliphatic carbocycles. The second-order valence-electron chi connectivity index (χ2n) is 6.13. The van der Waals surface area contributed by atoms with E-state index in [1.807, 2.05) is 36.4 Å². The third kappa shape index (κ3) is 3.81. The third-order valence-corrected chi connectivity index (χ3v) is 4.56. The molecule has 0 atom stereocenters. The van der Waals surface area contributed by atoms with Crippen LogP contribution >= 0.6 is 0 Å². The molecule has 3 rings (SSSR count). The van der Waals surface area contributed by atoms with Crippen LogP contribution in [0.15, 0.2) is 48.5 Å². The van der Waals surface area contributed by atoms with Crippen molar-refractivity contribution in [3.05, 3.63) is 65.2 Å². The quantitative estimate of drug-likeness (QED) is 0.797. The van der Waals surface area contributed by atoms with Gasteiger partial charge in [-0.25, -0.2) is 0 Å². The van der Waals surface area contributed by atoms with Crippen molar-refractivity contribution in [3.63, 3.8) is 0 Å². The van der Waals surface area contributed by atoms with Crippen LogP contribution in [0.25, 0.3) is 0 Å². The van der Waals surface area contributed by atoms with Crippen molar-refractivity contribution in [2.24, 2.45) is 0 Å². The standard InChI is InChI=1S/C21H21NO/c1-2-16-8-14-20(15-9-16)22-21(23)19-12-10-18(11-13-19)17-6-4-3-5-7-17/h1,8-15,17H,3-7H2,(H,22,23). The van der Waals surface area contributed by atoms with Gasteiger partial charge in [0.15, 0.2) is 0 Å². The van der Waals surface area contributed by atoms with Crippen molar-refractivity contribution in [3.8, 4) is 12.3 Å². The summed E-state index contributed by atoms with van der Waals surface area (Å²) in [5, 5.41) is 2.90. The summed E-state index contributed by atoms with van der Waals surface area (Å²) in [6, 6.07) is 15.3. The summed E-state index contributed by atoms with van der Waals surface area (Å²) in [5.74, 6) is 3.14. The number of rotatable bonds is 3. The van der Waals surface area contributed by atoms with Gasteiger partial charge in [-0.15, -0.1) is 6.42 Å². The lowest BCUT2D eigenvalue weighted by Gasteiger charge is -2.22. The Morgan fingerprint density at radius 3 is 2.22 bits per heavy atom. The van der Waals surface area contributed by atoms with Crippen LogP contribution in [0.3, 0.4) is 0 Å². The average Bonchev–Trinajstić information content (AvgIpc) is 2.63. The Kier molecular flexibility index (Phi) is 4.78. The lowest BCUT2D eigenvalue weighted by atomic mass is 9.84. The molecule has 1 saturated carbocycles. The van der Waals surface area contributed by atoms with E-state index in [0.717, 1.165) is 11.3 Å². The first kappa shape index (κ1) is 15.4.